The Morgan fingerprint density at radius 1 is 0.520 bits per heavy atom. The van der Waals surface area contributed by atoms with Crippen LogP contribution in [0.3, 0.4) is 0 Å². The van der Waals surface area contributed by atoms with Crippen LogP contribution in [0.2, 0.25) is 0 Å². The third-order valence-corrected chi connectivity index (χ3v) is 3.38. The molecule has 0 atom stereocenters. The maximum absolute atomic E-state index is 8.73. The fourth-order valence-electron chi connectivity index (χ4n) is 1.26. The third-order valence-electron chi connectivity index (χ3n) is 2.41. The van der Waals surface area contributed by atoms with Crippen molar-refractivity contribution < 1.29 is 15.6 Å². The van der Waals surface area contributed by atoms with E-state index in [2.05, 4.69) is 36.7 Å². The van der Waals surface area contributed by atoms with Crippen molar-refractivity contribution in [2.24, 2.45) is 0 Å². The molecule has 0 aromatic carbocycles. The second-order valence-corrected chi connectivity index (χ2v) is 5.41. The Morgan fingerprint density at radius 3 is 0.880 bits per heavy atom. The predicted octanol–water partition coefficient (Wildman–Crippen LogP) is 3.98. The van der Waals surface area contributed by atoms with Crippen molar-refractivity contribution in [3.63, 3.8) is 0 Å². The second-order valence-electron chi connectivity index (χ2n) is 4.15. The minimum atomic E-state index is 0. The van der Waals surface area contributed by atoms with Crippen molar-refractivity contribution >= 4 is 62.9 Å². The van der Waals surface area contributed by atoms with Crippen LogP contribution in [0.15, 0.2) is 73.2 Å². The van der Waals surface area contributed by atoms with Crippen molar-refractivity contribution in [2.75, 3.05) is 0 Å². The molecule has 128 valence electrons. The first-order chi connectivity index (χ1) is 11.4. The van der Waals surface area contributed by atoms with Gasteiger partial charge in [-0.3, -0.25) is 0 Å². The van der Waals surface area contributed by atoms with Crippen LogP contribution in [-0.4, -0.2) is 56.0 Å². The van der Waals surface area contributed by atoms with Crippen molar-refractivity contribution in [3.05, 3.63) is 87.1 Å². The molecule has 3 rings (SSSR count). The molecule has 0 aliphatic rings. The van der Waals surface area contributed by atoms with E-state index < -0.39 is 0 Å². The number of rotatable bonds is 0. The second kappa shape index (κ2) is 12.7. The maximum atomic E-state index is 8.73. The molecule has 3 heterocycles. The molecule has 3 aromatic heterocycles. The Labute approximate surface area is 178 Å². The molecule has 0 amide bonds. The molecule has 0 aliphatic heterocycles. The normalized spacial score (nSPS) is 8.64. The van der Waals surface area contributed by atoms with Gasteiger partial charge in [0, 0.05) is 18.6 Å². The molecule has 3 N–H and O–H groups in total. The standard InChI is InChI=1S/3C5H5NOS.Bi/c3*7-6-4-2-1-3-5(6)8;/h3*1-4,7H;/q;;;+3. The van der Waals surface area contributed by atoms with E-state index in [0.29, 0.717) is 13.9 Å². The quantitative estimate of drug-likeness (QED) is 0.209. The summed E-state index contributed by atoms with van der Waals surface area (Å²) in [6.07, 6.45) is 4.47. The number of aromatic nitrogens is 3. The smallest absolute Gasteiger partial charge is 0.428 e. The van der Waals surface area contributed by atoms with Gasteiger partial charge in [-0.2, -0.15) is 14.2 Å². The molecule has 6 nitrogen and oxygen atoms in total. The van der Waals surface area contributed by atoms with Gasteiger partial charge in [0.25, 0.3) is 0 Å². The Morgan fingerprint density at radius 2 is 0.760 bits per heavy atom. The van der Waals surface area contributed by atoms with E-state index in [9.17, 15) is 0 Å². The molecule has 0 saturated carbocycles. The van der Waals surface area contributed by atoms with Crippen molar-refractivity contribution in [2.45, 2.75) is 0 Å². The average Bonchev–Trinajstić information content (AvgIpc) is 2.57. The summed E-state index contributed by atoms with van der Waals surface area (Å²) in [5.74, 6) is 0. The first kappa shape index (κ1) is 23.4. The van der Waals surface area contributed by atoms with Crippen molar-refractivity contribution in [3.8, 4) is 0 Å². The van der Waals surface area contributed by atoms with Crippen LogP contribution in [0.25, 0.3) is 0 Å². The van der Waals surface area contributed by atoms with Crippen molar-refractivity contribution in [1.82, 2.24) is 14.2 Å². The zero-order valence-electron chi connectivity index (χ0n) is 12.8. The summed E-state index contributed by atoms with van der Waals surface area (Å²) >= 11 is 14.0. The molecule has 3 aromatic rings. The topological polar surface area (TPSA) is 75.5 Å². The van der Waals surface area contributed by atoms with Gasteiger partial charge in [0.2, 0.25) is 0 Å². The Bertz CT molecular complexity index is 818. The van der Waals surface area contributed by atoms with E-state index >= 15 is 0 Å². The molecule has 0 saturated heterocycles. The Hall–Kier alpha value is -1.61. The van der Waals surface area contributed by atoms with Gasteiger partial charge in [0.1, 0.15) is 13.9 Å². The molecule has 25 heavy (non-hydrogen) atoms. The fourth-order valence-corrected chi connectivity index (χ4v) is 1.68. The number of pyridine rings is 3. The minimum absolute atomic E-state index is 0. The molecule has 10 heteroatoms. The molecule has 0 fully saturated rings. The monoisotopic (exact) mass is 590 g/mol. The molecular formula is C15H15BiN3O3S3+3. The Kier molecular flexibility index (Phi) is 11.9. The van der Waals surface area contributed by atoms with Crippen LogP contribution in [-0.2, 0) is 0 Å². The summed E-state index contributed by atoms with van der Waals surface area (Å²) in [6, 6.07) is 15.4. The van der Waals surface area contributed by atoms with Gasteiger partial charge >= 0.3 is 26.2 Å². The van der Waals surface area contributed by atoms with E-state index in [1.165, 1.54) is 18.6 Å². The van der Waals surface area contributed by atoms with E-state index in [4.69, 9.17) is 15.6 Å². The first-order valence-electron chi connectivity index (χ1n) is 6.52. The van der Waals surface area contributed by atoms with Gasteiger partial charge in [0.05, 0.1) is 0 Å². The molecule has 0 bridgehead atoms. The molecule has 0 unspecified atom stereocenters. The van der Waals surface area contributed by atoms with Gasteiger partial charge < -0.3 is 15.6 Å². The molecule has 2 radical (unpaired) electrons. The van der Waals surface area contributed by atoms with Gasteiger partial charge in [0.15, 0.2) is 0 Å². The van der Waals surface area contributed by atoms with E-state index in [-0.39, 0.29) is 26.2 Å². The summed E-state index contributed by atoms with van der Waals surface area (Å²) in [5, 5.41) is 26.2. The fraction of sp³-hybridized carbons (Fsp3) is 0. The van der Waals surface area contributed by atoms with Crippen LogP contribution in [0.1, 0.15) is 0 Å². The summed E-state index contributed by atoms with van der Waals surface area (Å²) in [7, 11) is 0. The van der Waals surface area contributed by atoms with Gasteiger partial charge in [-0.25, -0.2) is 0 Å². The summed E-state index contributed by atoms with van der Waals surface area (Å²) in [5.41, 5.74) is 0. The minimum Gasteiger partial charge on any atom is -0.428 e. The molecule has 0 spiro atoms. The van der Waals surface area contributed by atoms with E-state index in [0.717, 1.165) is 14.2 Å². The van der Waals surface area contributed by atoms with E-state index in [1.807, 2.05) is 0 Å². The number of hydrogen-bond acceptors (Lipinski definition) is 6. The molecular weight excluding hydrogens is 575 g/mol. The average molecular weight is 590 g/mol. The number of hydrogen-bond donors (Lipinski definition) is 3. The summed E-state index contributed by atoms with van der Waals surface area (Å²) < 4.78 is 3.97. The van der Waals surface area contributed by atoms with Gasteiger partial charge in [-0.05, 0) is 36.4 Å². The largest absolute Gasteiger partial charge is 3.00 e. The predicted molar refractivity (Wildman–Crippen MR) is 103 cm³/mol. The van der Waals surface area contributed by atoms with Crippen LogP contribution >= 0.6 is 36.7 Å². The zero-order valence-corrected chi connectivity index (χ0v) is 18.7. The van der Waals surface area contributed by atoms with Gasteiger partial charge in [-0.15, -0.1) is 0 Å². The number of nitrogens with zero attached hydrogens (tertiary/aromatic N) is 3. The zero-order chi connectivity index (χ0) is 17.9. The van der Waals surface area contributed by atoms with Gasteiger partial charge in [-0.1, -0.05) is 54.9 Å². The van der Waals surface area contributed by atoms with E-state index in [1.54, 1.807) is 54.6 Å². The summed E-state index contributed by atoms with van der Waals surface area (Å²) in [4.78, 5) is 0. The first-order valence-corrected chi connectivity index (χ1v) is 7.75. The van der Waals surface area contributed by atoms with Crippen LogP contribution < -0.4 is 0 Å². The van der Waals surface area contributed by atoms with Crippen LogP contribution in [0.4, 0.5) is 0 Å². The maximum Gasteiger partial charge on any atom is 3.00 e. The molecule has 0 aliphatic carbocycles. The van der Waals surface area contributed by atoms with Crippen LogP contribution in [0.5, 0.6) is 0 Å². The summed E-state index contributed by atoms with van der Waals surface area (Å²) in [6.45, 7) is 0. The van der Waals surface area contributed by atoms with Crippen molar-refractivity contribution in [1.29, 1.82) is 0 Å². The SMILES string of the molecule is On1ccccc1=S.On1ccccc1=S.On1ccccc1=S.[Bi+3]. The van der Waals surface area contributed by atoms with Crippen LogP contribution in [0, 0.1) is 13.9 Å². The third kappa shape index (κ3) is 9.45. The Balaban J connectivity index is 0.000000339.